The molecule has 2 aromatic rings. The first-order valence-electron chi connectivity index (χ1n) is 13.6. The molecule has 0 bridgehead atoms. The summed E-state index contributed by atoms with van der Waals surface area (Å²) < 4.78 is 0. The lowest BCUT2D eigenvalue weighted by molar-refractivity contribution is 0.319. The molecule has 2 aromatic carbocycles. The van der Waals surface area contributed by atoms with E-state index in [0.717, 1.165) is 23.3 Å². The average molecular weight is 439 g/mol. The second-order valence-corrected chi connectivity index (χ2v) is 10.5. The van der Waals surface area contributed by atoms with Gasteiger partial charge >= 0.3 is 0 Å². The summed E-state index contributed by atoms with van der Waals surface area (Å²) in [6.45, 7) is 4.59. The van der Waals surface area contributed by atoms with E-state index >= 15 is 0 Å². The van der Waals surface area contributed by atoms with Crippen LogP contribution in [0.15, 0.2) is 60.7 Å². The minimum absolute atomic E-state index is 0.690. The van der Waals surface area contributed by atoms with E-state index in [0.29, 0.717) is 5.92 Å². The average Bonchev–Trinajstić information content (AvgIpc) is 2.88. The zero-order valence-electron chi connectivity index (χ0n) is 20.9. The first kappa shape index (κ1) is 23.9. The summed E-state index contributed by atoms with van der Waals surface area (Å²) >= 11 is 0. The number of hydrogen-bond donors (Lipinski definition) is 0. The van der Waals surface area contributed by atoms with Gasteiger partial charge in [0.15, 0.2) is 0 Å². The van der Waals surface area contributed by atoms with Crippen LogP contribution >= 0.6 is 0 Å². The zero-order valence-corrected chi connectivity index (χ0v) is 20.9. The summed E-state index contributed by atoms with van der Waals surface area (Å²) in [5.41, 5.74) is 5.67. The molecule has 2 aliphatic rings. The highest BCUT2D eigenvalue weighted by atomic mass is 14.3. The van der Waals surface area contributed by atoms with E-state index in [-0.39, 0.29) is 0 Å². The van der Waals surface area contributed by atoms with Crippen LogP contribution in [0.3, 0.4) is 0 Å². The molecule has 2 aliphatic carbocycles. The van der Waals surface area contributed by atoms with E-state index in [1.807, 2.05) is 0 Å². The Labute approximate surface area is 202 Å². The Hall–Kier alpha value is -2.26. The van der Waals surface area contributed by atoms with Gasteiger partial charge in [-0.05, 0) is 116 Å². The van der Waals surface area contributed by atoms with Crippen molar-refractivity contribution in [1.29, 1.82) is 0 Å². The minimum atomic E-state index is 0.690. The lowest BCUT2D eigenvalue weighted by Crippen LogP contribution is -2.12. The fourth-order valence-corrected chi connectivity index (χ4v) is 5.94. The topological polar surface area (TPSA) is 0 Å². The Morgan fingerprint density at radius 3 is 1.88 bits per heavy atom. The summed E-state index contributed by atoms with van der Waals surface area (Å²) in [5, 5.41) is 0. The molecule has 2 fully saturated rings. The second-order valence-electron chi connectivity index (χ2n) is 10.5. The molecule has 0 N–H and O–H groups in total. The quantitative estimate of drug-likeness (QED) is 0.394. The molecule has 0 nitrogen and oxygen atoms in total. The van der Waals surface area contributed by atoms with Crippen molar-refractivity contribution in [2.24, 2.45) is 11.8 Å². The fourth-order valence-electron chi connectivity index (χ4n) is 5.94. The maximum absolute atomic E-state index is 3.34. The standard InChI is InChI=1S/C33H42/c1-3-7-27-12-20-31(21-13-27)33-24-16-29(17-25-33)9-6-5-8-28-14-22-32(23-15-28)30-18-10-26(4-2)11-19-30/h6,9,12-15,20-23,26,29-30,33H,3-4,7,10-11,16-19,24-25H2,1-2H3/b9-6+. The first-order valence-corrected chi connectivity index (χ1v) is 13.6. The smallest absolute Gasteiger partial charge is 0.0249 e. The van der Waals surface area contributed by atoms with Gasteiger partial charge in [0.2, 0.25) is 0 Å². The Balaban J connectivity index is 1.22. The Kier molecular flexibility index (Phi) is 8.88. The molecule has 4 rings (SSSR count). The number of benzene rings is 2. The van der Waals surface area contributed by atoms with Crippen molar-refractivity contribution in [3.8, 4) is 11.8 Å². The Bertz CT molecular complexity index is 918. The van der Waals surface area contributed by atoms with E-state index in [1.165, 1.54) is 81.8 Å². The van der Waals surface area contributed by atoms with Crippen molar-refractivity contribution in [2.75, 3.05) is 0 Å². The second kappa shape index (κ2) is 12.3. The van der Waals surface area contributed by atoms with E-state index in [2.05, 4.69) is 86.4 Å². The predicted molar refractivity (Wildman–Crippen MR) is 143 cm³/mol. The van der Waals surface area contributed by atoms with Gasteiger partial charge in [0.25, 0.3) is 0 Å². The monoisotopic (exact) mass is 438 g/mol. The van der Waals surface area contributed by atoms with Gasteiger partial charge in [-0.15, -0.1) is 0 Å². The molecule has 0 heterocycles. The Morgan fingerprint density at radius 2 is 1.30 bits per heavy atom. The number of allylic oxidation sites excluding steroid dienone is 2. The molecule has 0 atom stereocenters. The molecule has 33 heavy (non-hydrogen) atoms. The van der Waals surface area contributed by atoms with Gasteiger partial charge in [0, 0.05) is 5.56 Å². The lowest BCUT2D eigenvalue weighted by Gasteiger charge is -2.28. The molecular weight excluding hydrogens is 396 g/mol. The molecular formula is C33H42. The Morgan fingerprint density at radius 1 is 0.727 bits per heavy atom. The largest absolute Gasteiger partial charge is 0.0730 e. The van der Waals surface area contributed by atoms with Gasteiger partial charge < -0.3 is 0 Å². The number of rotatable bonds is 6. The van der Waals surface area contributed by atoms with Crippen molar-refractivity contribution >= 4 is 0 Å². The SMILES string of the molecule is CCCc1ccc(C2CCC(/C=C/C#Cc3ccc(C4CCC(CC)CC4)cc3)CC2)cc1. The van der Waals surface area contributed by atoms with Crippen molar-refractivity contribution in [2.45, 2.75) is 96.3 Å². The molecule has 0 amide bonds. The van der Waals surface area contributed by atoms with Crippen molar-refractivity contribution in [1.82, 2.24) is 0 Å². The van der Waals surface area contributed by atoms with Crippen LogP contribution in [-0.4, -0.2) is 0 Å². The van der Waals surface area contributed by atoms with E-state index < -0.39 is 0 Å². The molecule has 0 aliphatic heterocycles. The number of hydrogen-bond acceptors (Lipinski definition) is 0. The van der Waals surface area contributed by atoms with Crippen LogP contribution in [0.2, 0.25) is 0 Å². The normalized spacial score (nSPS) is 25.5. The molecule has 2 saturated carbocycles. The van der Waals surface area contributed by atoms with Crippen LogP contribution in [0.4, 0.5) is 0 Å². The van der Waals surface area contributed by atoms with Crippen LogP contribution in [-0.2, 0) is 6.42 Å². The van der Waals surface area contributed by atoms with Gasteiger partial charge in [-0.3, -0.25) is 0 Å². The maximum atomic E-state index is 3.34. The zero-order chi connectivity index (χ0) is 22.9. The number of aryl methyl sites for hydroxylation is 1. The van der Waals surface area contributed by atoms with Gasteiger partial charge in [0.1, 0.15) is 0 Å². The van der Waals surface area contributed by atoms with Crippen LogP contribution in [0.25, 0.3) is 0 Å². The lowest BCUT2D eigenvalue weighted by atomic mass is 9.78. The highest BCUT2D eigenvalue weighted by Crippen LogP contribution is 2.37. The summed E-state index contributed by atoms with van der Waals surface area (Å²) in [6.07, 6.45) is 18.9. The van der Waals surface area contributed by atoms with Gasteiger partial charge in [-0.2, -0.15) is 0 Å². The van der Waals surface area contributed by atoms with Crippen LogP contribution in [0.5, 0.6) is 0 Å². The van der Waals surface area contributed by atoms with Gasteiger partial charge in [-0.25, -0.2) is 0 Å². The third kappa shape index (κ3) is 6.86. The van der Waals surface area contributed by atoms with Gasteiger partial charge in [0.05, 0.1) is 0 Å². The summed E-state index contributed by atoms with van der Waals surface area (Å²) in [7, 11) is 0. The first-order chi connectivity index (χ1) is 16.2. The highest BCUT2D eigenvalue weighted by Gasteiger charge is 2.21. The molecule has 0 saturated heterocycles. The predicted octanol–water partition coefficient (Wildman–Crippen LogP) is 9.20. The van der Waals surface area contributed by atoms with Crippen LogP contribution in [0.1, 0.15) is 112 Å². The van der Waals surface area contributed by atoms with Gasteiger partial charge in [-0.1, -0.05) is 81.0 Å². The highest BCUT2D eigenvalue weighted by molar-refractivity contribution is 5.39. The fraction of sp³-hybridized carbons (Fsp3) is 0.515. The van der Waals surface area contributed by atoms with Crippen LogP contribution < -0.4 is 0 Å². The molecule has 0 spiro atoms. The van der Waals surface area contributed by atoms with E-state index in [9.17, 15) is 0 Å². The summed E-state index contributed by atoms with van der Waals surface area (Å²) in [5.74, 6) is 9.80. The van der Waals surface area contributed by atoms with Crippen molar-refractivity contribution in [3.63, 3.8) is 0 Å². The maximum Gasteiger partial charge on any atom is 0.0249 e. The minimum Gasteiger partial charge on any atom is -0.0730 e. The van der Waals surface area contributed by atoms with Crippen molar-refractivity contribution < 1.29 is 0 Å². The third-order valence-corrected chi connectivity index (χ3v) is 8.24. The third-order valence-electron chi connectivity index (χ3n) is 8.24. The molecule has 0 radical (unpaired) electrons. The molecule has 0 unspecified atom stereocenters. The summed E-state index contributed by atoms with van der Waals surface area (Å²) in [4.78, 5) is 0. The molecule has 0 aromatic heterocycles. The van der Waals surface area contributed by atoms with Crippen LogP contribution in [0, 0.1) is 23.7 Å². The van der Waals surface area contributed by atoms with E-state index in [1.54, 1.807) is 5.56 Å². The summed E-state index contributed by atoms with van der Waals surface area (Å²) in [6, 6.07) is 18.5. The van der Waals surface area contributed by atoms with Crippen molar-refractivity contribution in [3.05, 3.63) is 82.9 Å². The van der Waals surface area contributed by atoms with E-state index in [4.69, 9.17) is 0 Å². The molecule has 174 valence electrons. The molecule has 0 heteroatoms.